The van der Waals surface area contributed by atoms with Crippen LogP contribution in [0.25, 0.3) is 0 Å². The Kier molecular flexibility index (Phi) is 16.9. The van der Waals surface area contributed by atoms with Gasteiger partial charge in [-0.1, -0.05) is 13.8 Å². The van der Waals surface area contributed by atoms with Gasteiger partial charge in [-0.05, 0) is 20.8 Å². The van der Waals surface area contributed by atoms with Gasteiger partial charge in [-0.3, -0.25) is 24.0 Å². The van der Waals surface area contributed by atoms with Crippen molar-refractivity contribution < 1.29 is 33.9 Å². The molecule has 0 aliphatic carbocycles. The molecule has 156 valence electrons. The third-order valence-electron chi connectivity index (χ3n) is 3.16. The number of carboxylic acid groups (broad SMARTS) is 1. The molecule has 0 aromatic heterocycles. The summed E-state index contributed by atoms with van der Waals surface area (Å²) in [6.45, 7) is 7.37. The van der Waals surface area contributed by atoms with Crippen LogP contribution in [-0.2, 0) is 28.8 Å². The third kappa shape index (κ3) is 23.4. The van der Waals surface area contributed by atoms with Crippen LogP contribution in [-0.4, -0.2) is 46.3 Å². The molecule has 0 aromatic rings. The average Bonchev–Trinajstić information content (AvgIpc) is 2.46. The molecule has 0 spiro atoms. The van der Waals surface area contributed by atoms with E-state index in [4.69, 9.17) is 22.3 Å². The molecule has 0 aliphatic heterocycles. The molecule has 0 saturated carbocycles. The maximum atomic E-state index is 10.5. The Morgan fingerprint density at radius 1 is 0.741 bits per heavy atom. The molecule has 0 fully saturated rings. The lowest BCUT2D eigenvalue weighted by atomic mass is 10.0. The maximum Gasteiger partial charge on any atom is 0.306 e. The van der Waals surface area contributed by atoms with Crippen molar-refractivity contribution in [1.29, 1.82) is 0 Å². The van der Waals surface area contributed by atoms with Crippen LogP contribution >= 0.6 is 0 Å². The summed E-state index contributed by atoms with van der Waals surface area (Å²) in [4.78, 5) is 61.5. The Bertz CT molecular complexity index is 471. The summed E-state index contributed by atoms with van der Waals surface area (Å²) in [5, 5.41) is 8.28. The first-order chi connectivity index (χ1) is 12.1. The van der Waals surface area contributed by atoms with E-state index in [2.05, 4.69) is 0 Å². The molecule has 0 radical (unpaired) electrons. The number of amides is 2. The Labute approximate surface area is 158 Å². The second-order valence-electron chi connectivity index (χ2n) is 6.22. The second kappa shape index (κ2) is 15.6. The first-order valence-corrected chi connectivity index (χ1v) is 8.17. The van der Waals surface area contributed by atoms with Gasteiger partial charge in [-0.15, -0.1) is 0 Å². The quantitative estimate of drug-likeness (QED) is 0.406. The van der Waals surface area contributed by atoms with E-state index in [1.807, 2.05) is 0 Å². The second-order valence-corrected chi connectivity index (χ2v) is 6.22. The molecule has 0 saturated heterocycles. The van der Waals surface area contributed by atoms with Crippen LogP contribution in [0.3, 0.4) is 0 Å². The minimum atomic E-state index is -0.912. The topological polar surface area (TPSA) is 201 Å². The fraction of sp³-hybridized carbons (Fsp3) is 0.647. The molecule has 27 heavy (non-hydrogen) atoms. The van der Waals surface area contributed by atoms with Gasteiger partial charge in [-0.25, -0.2) is 0 Å². The van der Waals surface area contributed by atoms with Crippen LogP contribution in [0, 0.1) is 11.8 Å². The van der Waals surface area contributed by atoms with E-state index in [9.17, 15) is 28.8 Å². The Morgan fingerprint density at radius 3 is 1.26 bits per heavy atom. The summed E-state index contributed by atoms with van der Waals surface area (Å²) < 4.78 is 0. The minimum Gasteiger partial charge on any atom is -0.481 e. The normalized spacial score (nSPS) is 12.7. The molecule has 10 heteroatoms. The molecule has 0 aromatic carbocycles. The van der Waals surface area contributed by atoms with Gasteiger partial charge in [0.15, 0.2) is 0 Å². The number of primary amides is 2. The smallest absolute Gasteiger partial charge is 0.306 e. The van der Waals surface area contributed by atoms with Crippen molar-refractivity contribution in [3.05, 3.63) is 0 Å². The van der Waals surface area contributed by atoms with Gasteiger partial charge in [0.1, 0.15) is 17.3 Å². The minimum absolute atomic E-state index is 0.00815. The number of carboxylic acids is 1. The van der Waals surface area contributed by atoms with E-state index in [1.54, 1.807) is 6.92 Å². The standard InChI is InChI=1S/C6H11NO2.C6H10O3.C5H10N2O2/c1-4(5(2)8)3-6(7)9;1-4(6(8)9)3-5(2)7;1-3(8)4(6)2-5(7)9/h4H,3H2,1-2H3,(H2,7,9);4H,3H2,1-2H3,(H,8,9);4H,2,6H2,1H3,(H2,7,9). The monoisotopic (exact) mass is 389 g/mol. The molecule has 3 atom stereocenters. The van der Waals surface area contributed by atoms with Crippen LogP contribution in [0.5, 0.6) is 0 Å². The number of rotatable bonds is 9. The number of carbonyl (C=O) groups is 6. The number of ketones is 3. The summed E-state index contributed by atoms with van der Waals surface area (Å²) in [6.07, 6.45) is 0.236. The van der Waals surface area contributed by atoms with Crippen molar-refractivity contribution in [1.82, 2.24) is 0 Å². The summed E-state index contributed by atoms with van der Waals surface area (Å²) in [5.74, 6) is -2.92. The van der Waals surface area contributed by atoms with Crippen molar-refractivity contribution in [2.45, 2.75) is 59.9 Å². The van der Waals surface area contributed by atoms with E-state index in [0.717, 1.165) is 0 Å². The zero-order valence-electron chi connectivity index (χ0n) is 16.5. The van der Waals surface area contributed by atoms with Crippen LogP contribution < -0.4 is 17.2 Å². The lowest BCUT2D eigenvalue weighted by Crippen LogP contribution is -2.33. The Hall–Kier alpha value is -2.62. The van der Waals surface area contributed by atoms with Gasteiger partial charge in [-0.2, -0.15) is 0 Å². The fourth-order valence-electron chi connectivity index (χ4n) is 1.32. The van der Waals surface area contributed by atoms with Gasteiger partial charge in [0, 0.05) is 25.2 Å². The summed E-state index contributed by atoms with van der Waals surface area (Å²) in [5.41, 5.74) is 14.8. The zero-order valence-corrected chi connectivity index (χ0v) is 16.5. The Balaban J connectivity index is -0.000000320. The van der Waals surface area contributed by atoms with E-state index in [0.29, 0.717) is 0 Å². The number of hydrogen-bond donors (Lipinski definition) is 4. The highest BCUT2D eigenvalue weighted by atomic mass is 16.4. The summed E-state index contributed by atoms with van der Waals surface area (Å²) >= 11 is 0. The van der Waals surface area contributed by atoms with E-state index < -0.39 is 29.7 Å². The SMILES string of the molecule is CC(=O)C(C)CC(N)=O.CC(=O)C(N)CC(N)=O.CC(=O)CC(C)C(=O)O. The largest absolute Gasteiger partial charge is 0.481 e. The van der Waals surface area contributed by atoms with Gasteiger partial charge < -0.3 is 27.1 Å². The lowest BCUT2D eigenvalue weighted by Gasteiger charge is -2.01. The van der Waals surface area contributed by atoms with Crippen LogP contribution in [0.15, 0.2) is 0 Å². The number of nitrogens with two attached hydrogens (primary N) is 3. The zero-order chi connectivity index (χ0) is 22.3. The van der Waals surface area contributed by atoms with E-state index in [1.165, 1.54) is 27.7 Å². The van der Waals surface area contributed by atoms with E-state index >= 15 is 0 Å². The predicted octanol–water partition coefficient (Wildman–Crippen LogP) is -0.449. The van der Waals surface area contributed by atoms with Crippen molar-refractivity contribution >= 4 is 35.1 Å². The summed E-state index contributed by atoms with van der Waals surface area (Å²) in [6, 6.07) is -0.720. The first-order valence-electron chi connectivity index (χ1n) is 8.17. The molecular weight excluding hydrogens is 358 g/mol. The number of hydrogen-bond acceptors (Lipinski definition) is 7. The van der Waals surface area contributed by atoms with Crippen molar-refractivity contribution in [3.63, 3.8) is 0 Å². The van der Waals surface area contributed by atoms with Crippen LogP contribution in [0.1, 0.15) is 53.9 Å². The van der Waals surface area contributed by atoms with Crippen LogP contribution in [0.4, 0.5) is 0 Å². The lowest BCUT2D eigenvalue weighted by molar-refractivity contribution is -0.142. The molecule has 2 amide bonds. The third-order valence-corrected chi connectivity index (χ3v) is 3.16. The number of aliphatic carboxylic acids is 1. The van der Waals surface area contributed by atoms with Crippen molar-refractivity contribution in [2.24, 2.45) is 29.0 Å². The molecule has 7 N–H and O–H groups in total. The summed E-state index contributed by atoms with van der Waals surface area (Å²) in [7, 11) is 0. The maximum absolute atomic E-state index is 10.5. The molecule has 10 nitrogen and oxygen atoms in total. The molecular formula is C17H31N3O7. The number of carbonyl (C=O) groups excluding carboxylic acids is 5. The van der Waals surface area contributed by atoms with Crippen LogP contribution in [0.2, 0.25) is 0 Å². The number of Topliss-reactive ketones (excluding diaryl/α,β-unsaturated/α-hetero) is 3. The van der Waals surface area contributed by atoms with E-state index in [-0.39, 0.29) is 42.5 Å². The van der Waals surface area contributed by atoms with Crippen molar-refractivity contribution in [2.75, 3.05) is 0 Å². The fourth-order valence-corrected chi connectivity index (χ4v) is 1.32. The first kappa shape index (κ1) is 29.2. The molecule has 0 bridgehead atoms. The average molecular weight is 389 g/mol. The van der Waals surface area contributed by atoms with Crippen molar-refractivity contribution in [3.8, 4) is 0 Å². The predicted molar refractivity (Wildman–Crippen MR) is 98.2 cm³/mol. The van der Waals surface area contributed by atoms with Gasteiger partial charge in [0.25, 0.3) is 0 Å². The van der Waals surface area contributed by atoms with Gasteiger partial charge >= 0.3 is 5.97 Å². The highest BCUT2D eigenvalue weighted by Gasteiger charge is 2.12. The van der Waals surface area contributed by atoms with Gasteiger partial charge in [0.05, 0.1) is 12.0 Å². The van der Waals surface area contributed by atoms with Gasteiger partial charge in [0.2, 0.25) is 11.8 Å². The highest BCUT2D eigenvalue weighted by molar-refractivity contribution is 5.87. The highest BCUT2D eigenvalue weighted by Crippen LogP contribution is 2.01. The molecule has 0 aliphatic rings. The molecule has 3 unspecified atom stereocenters. The molecule has 0 heterocycles. The molecule has 0 rings (SSSR count). The Morgan fingerprint density at radius 2 is 1.15 bits per heavy atom.